The Morgan fingerprint density at radius 1 is 1.00 bits per heavy atom. The lowest BCUT2D eigenvalue weighted by Crippen LogP contribution is -2.19. The van der Waals surface area contributed by atoms with Crippen LogP contribution in [0.1, 0.15) is 37.7 Å². The average Bonchev–Trinajstić information content (AvgIpc) is 2.67. The predicted molar refractivity (Wildman–Crippen MR) is 97.9 cm³/mol. The van der Waals surface area contributed by atoms with Crippen LogP contribution in [0.3, 0.4) is 0 Å². The van der Waals surface area contributed by atoms with Crippen molar-refractivity contribution in [1.82, 2.24) is 0 Å². The zero-order valence-corrected chi connectivity index (χ0v) is 14.0. The lowest BCUT2D eigenvalue weighted by Gasteiger charge is -2.22. The molecule has 0 aromatic heterocycles. The van der Waals surface area contributed by atoms with Crippen LogP contribution in [-0.2, 0) is 4.74 Å². The molecule has 1 heterocycles. The molecule has 0 amide bonds. The molecule has 0 aliphatic carbocycles. The van der Waals surface area contributed by atoms with Crippen LogP contribution in [0.5, 0.6) is 0 Å². The molecule has 1 atom stereocenters. The van der Waals surface area contributed by atoms with Crippen molar-refractivity contribution in [3.8, 4) is 17.2 Å². The lowest BCUT2D eigenvalue weighted by molar-refractivity contribution is 0.0107. The van der Waals surface area contributed by atoms with Gasteiger partial charge in [0.15, 0.2) is 0 Å². The average molecular weight is 320 g/mol. The Kier molecular flexibility index (Phi) is 5.87. The van der Waals surface area contributed by atoms with Crippen LogP contribution in [0.15, 0.2) is 48.5 Å². The molecule has 124 valence electrons. The fraction of sp³-hybridized carbons (Fsp3) is 0.381. The monoisotopic (exact) mass is 320 g/mol. The van der Waals surface area contributed by atoms with Gasteiger partial charge in [0.05, 0.1) is 17.7 Å². The van der Waals surface area contributed by atoms with E-state index in [0.717, 1.165) is 37.2 Å². The Morgan fingerprint density at radius 2 is 1.71 bits per heavy atom. The van der Waals surface area contributed by atoms with Crippen LogP contribution >= 0.6 is 0 Å². The van der Waals surface area contributed by atoms with Crippen molar-refractivity contribution in [3.63, 3.8) is 0 Å². The van der Waals surface area contributed by atoms with E-state index in [9.17, 15) is 0 Å². The van der Waals surface area contributed by atoms with Gasteiger partial charge in [-0.2, -0.15) is 5.26 Å². The van der Waals surface area contributed by atoms with Crippen LogP contribution < -0.4 is 5.32 Å². The number of benzene rings is 2. The van der Waals surface area contributed by atoms with Gasteiger partial charge < -0.3 is 10.1 Å². The van der Waals surface area contributed by atoms with E-state index < -0.39 is 0 Å². The summed E-state index contributed by atoms with van der Waals surface area (Å²) in [7, 11) is 0. The Morgan fingerprint density at radius 3 is 2.33 bits per heavy atom. The van der Waals surface area contributed by atoms with E-state index in [1.165, 1.54) is 24.8 Å². The molecule has 0 spiro atoms. The second kappa shape index (κ2) is 8.52. The first kappa shape index (κ1) is 16.5. The fourth-order valence-electron chi connectivity index (χ4n) is 3.12. The summed E-state index contributed by atoms with van der Waals surface area (Å²) in [6, 6.07) is 18.3. The molecule has 1 aliphatic heterocycles. The van der Waals surface area contributed by atoms with Crippen LogP contribution in [0.2, 0.25) is 0 Å². The third kappa shape index (κ3) is 4.59. The van der Waals surface area contributed by atoms with Crippen molar-refractivity contribution >= 4 is 5.69 Å². The minimum Gasteiger partial charge on any atom is -0.385 e. The van der Waals surface area contributed by atoms with Gasteiger partial charge in [-0.05, 0) is 67.5 Å². The highest BCUT2D eigenvalue weighted by atomic mass is 16.5. The summed E-state index contributed by atoms with van der Waals surface area (Å²) in [6.07, 6.45) is 6.52. The maximum absolute atomic E-state index is 8.86. The summed E-state index contributed by atoms with van der Waals surface area (Å²) < 4.78 is 5.76. The summed E-state index contributed by atoms with van der Waals surface area (Å²) in [5, 5.41) is 12.3. The van der Waals surface area contributed by atoms with E-state index in [1.54, 1.807) is 0 Å². The maximum atomic E-state index is 8.86. The Hall–Kier alpha value is -2.31. The molecule has 3 heteroatoms. The van der Waals surface area contributed by atoms with Crippen molar-refractivity contribution < 1.29 is 4.74 Å². The molecular formula is C21H24N2O. The normalized spacial score (nSPS) is 17.2. The summed E-state index contributed by atoms with van der Waals surface area (Å²) in [4.78, 5) is 0. The topological polar surface area (TPSA) is 45.0 Å². The number of ether oxygens (including phenoxy) is 1. The Balaban J connectivity index is 1.46. The molecule has 0 saturated carbocycles. The van der Waals surface area contributed by atoms with Gasteiger partial charge in [-0.1, -0.05) is 24.3 Å². The Labute approximate surface area is 144 Å². The summed E-state index contributed by atoms with van der Waals surface area (Å²) in [6.45, 7) is 1.92. The number of rotatable bonds is 6. The third-order valence-corrected chi connectivity index (χ3v) is 4.54. The van der Waals surface area contributed by atoms with Gasteiger partial charge >= 0.3 is 0 Å². The molecule has 1 aliphatic rings. The second-order valence-corrected chi connectivity index (χ2v) is 6.32. The number of nitriles is 1. The predicted octanol–water partition coefficient (Wildman–Crippen LogP) is 4.99. The van der Waals surface area contributed by atoms with Crippen molar-refractivity contribution in [1.29, 1.82) is 5.26 Å². The minimum atomic E-state index is 0.472. The zero-order chi connectivity index (χ0) is 16.6. The van der Waals surface area contributed by atoms with Gasteiger partial charge in [0.2, 0.25) is 0 Å². The standard InChI is InChI=1S/C21H24N2O/c22-16-17-6-8-18(9-7-17)19-10-12-20(13-11-19)23-14-3-5-21-4-1-2-15-24-21/h6-13,21,23H,1-5,14-15H2. The molecule has 1 saturated heterocycles. The van der Waals surface area contributed by atoms with Gasteiger partial charge in [-0.15, -0.1) is 0 Å². The highest BCUT2D eigenvalue weighted by Gasteiger charge is 2.12. The quantitative estimate of drug-likeness (QED) is 0.763. The van der Waals surface area contributed by atoms with Crippen LogP contribution in [0.4, 0.5) is 5.69 Å². The first-order valence-electron chi connectivity index (χ1n) is 8.81. The molecule has 0 radical (unpaired) electrons. The van der Waals surface area contributed by atoms with E-state index in [0.29, 0.717) is 11.7 Å². The van der Waals surface area contributed by atoms with E-state index in [-0.39, 0.29) is 0 Å². The molecule has 2 aromatic rings. The molecule has 1 unspecified atom stereocenters. The number of nitrogens with zero attached hydrogens (tertiary/aromatic N) is 1. The van der Waals surface area contributed by atoms with Crippen molar-refractivity contribution in [2.45, 2.75) is 38.2 Å². The number of hydrogen-bond donors (Lipinski definition) is 1. The van der Waals surface area contributed by atoms with E-state index >= 15 is 0 Å². The van der Waals surface area contributed by atoms with Gasteiger partial charge in [0.25, 0.3) is 0 Å². The van der Waals surface area contributed by atoms with Crippen LogP contribution in [0, 0.1) is 11.3 Å². The number of hydrogen-bond acceptors (Lipinski definition) is 3. The van der Waals surface area contributed by atoms with Crippen molar-refractivity contribution in [2.24, 2.45) is 0 Å². The van der Waals surface area contributed by atoms with E-state index in [2.05, 4.69) is 35.7 Å². The SMILES string of the molecule is N#Cc1ccc(-c2ccc(NCCCC3CCCCO3)cc2)cc1. The van der Waals surface area contributed by atoms with Crippen molar-refractivity contribution in [2.75, 3.05) is 18.5 Å². The molecule has 2 aromatic carbocycles. The number of anilines is 1. The number of nitrogens with one attached hydrogen (secondary N) is 1. The first-order valence-corrected chi connectivity index (χ1v) is 8.81. The van der Waals surface area contributed by atoms with Crippen LogP contribution in [-0.4, -0.2) is 19.3 Å². The highest BCUT2D eigenvalue weighted by Crippen LogP contribution is 2.22. The molecule has 24 heavy (non-hydrogen) atoms. The van der Waals surface area contributed by atoms with E-state index in [4.69, 9.17) is 10.00 Å². The summed E-state index contributed by atoms with van der Waals surface area (Å²) in [5.41, 5.74) is 4.14. The van der Waals surface area contributed by atoms with Gasteiger partial charge in [-0.3, -0.25) is 0 Å². The van der Waals surface area contributed by atoms with Crippen LogP contribution in [0.25, 0.3) is 11.1 Å². The zero-order valence-electron chi connectivity index (χ0n) is 14.0. The molecular weight excluding hydrogens is 296 g/mol. The maximum Gasteiger partial charge on any atom is 0.0991 e. The van der Waals surface area contributed by atoms with E-state index in [1.807, 2.05) is 24.3 Å². The molecule has 1 fully saturated rings. The summed E-state index contributed by atoms with van der Waals surface area (Å²) >= 11 is 0. The largest absolute Gasteiger partial charge is 0.385 e. The second-order valence-electron chi connectivity index (χ2n) is 6.32. The Bertz CT molecular complexity index is 664. The van der Waals surface area contributed by atoms with Crippen molar-refractivity contribution in [3.05, 3.63) is 54.1 Å². The minimum absolute atomic E-state index is 0.472. The van der Waals surface area contributed by atoms with Gasteiger partial charge in [0.1, 0.15) is 0 Å². The molecule has 0 bridgehead atoms. The van der Waals surface area contributed by atoms with Gasteiger partial charge in [-0.25, -0.2) is 0 Å². The fourth-order valence-corrected chi connectivity index (χ4v) is 3.12. The molecule has 1 N–H and O–H groups in total. The molecule has 3 rings (SSSR count). The lowest BCUT2D eigenvalue weighted by atomic mass is 10.0. The highest BCUT2D eigenvalue weighted by molar-refractivity contribution is 5.66. The summed E-state index contributed by atoms with van der Waals surface area (Å²) in [5.74, 6) is 0. The smallest absolute Gasteiger partial charge is 0.0991 e. The molecule has 3 nitrogen and oxygen atoms in total. The van der Waals surface area contributed by atoms with Gasteiger partial charge in [0, 0.05) is 18.8 Å². The third-order valence-electron chi connectivity index (χ3n) is 4.54. The first-order chi connectivity index (χ1) is 11.8.